The summed E-state index contributed by atoms with van der Waals surface area (Å²) in [5.74, 6) is -1.15. The highest BCUT2D eigenvalue weighted by molar-refractivity contribution is 7.80. The summed E-state index contributed by atoms with van der Waals surface area (Å²) < 4.78 is 0. The molecule has 0 saturated heterocycles. The number of carbonyl (C=O) groups excluding carboxylic acids is 4. The minimum atomic E-state index is -0.765. The van der Waals surface area contributed by atoms with Crippen LogP contribution >= 0.6 is 12.6 Å². The van der Waals surface area contributed by atoms with Gasteiger partial charge in [-0.1, -0.05) is 20.3 Å². The number of amides is 4. The molecule has 0 aromatic carbocycles. The van der Waals surface area contributed by atoms with Gasteiger partial charge in [0.25, 0.3) is 0 Å². The second kappa shape index (κ2) is 11.8. The van der Waals surface area contributed by atoms with Crippen LogP contribution in [0.25, 0.3) is 0 Å². The highest BCUT2D eigenvalue weighted by atomic mass is 32.1. The summed E-state index contributed by atoms with van der Waals surface area (Å²) in [4.78, 5) is 46.2. The second-order valence-corrected chi connectivity index (χ2v) is 5.58. The van der Waals surface area contributed by atoms with Gasteiger partial charge in [-0.15, -0.1) is 0 Å². The fourth-order valence-electron chi connectivity index (χ4n) is 1.67. The Hall–Kier alpha value is -1.77. The van der Waals surface area contributed by atoms with Gasteiger partial charge >= 0.3 is 0 Å². The SMILES string of the molecule is CCC(C)C(NC(=O)CNC(C)=O)C(=O)NCC(=O)NCCS. The van der Waals surface area contributed by atoms with Crippen LogP contribution in [-0.4, -0.2) is 55.1 Å². The van der Waals surface area contributed by atoms with Crippen molar-refractivity contribution < 1.29 is 19.2 Å². The van der Waals surface area contributed by atoms with Crippen LogP contribution in [0.4, 0.5) is 0 Å². The van der Waals surface area contributed by atoms with Crippen LogP contribution in [0.2, 0.25) is 0 Å². The quantitative estimate of drug-likeness (QED) is 0.320. The van der Waals surface area contributed by atoms with Crippen molar-refractivity contribution in [1.29, 1.82) is 0 Å². The van der Waals surface area contributed by atoms with Crippen molar-refractivity contribution in [3.63, 3.8) is 0 Å². The molecular weight excluding hydrogens is 320 g/mol. The molecule has 0 fully saturated rings. The van der Waals surface area contributed by atoms with Gasteiger partial charge in [0, 0.05) is 19.2 Å². The molecule has 0 aromatic rings. The largest absolute Gasteiger partial charge is 0.354 e. The van der Waals surface area contributed by atoms with Crippen LogP contribution in [0, 0.1) is 5.92 Å². The predicted molar refractivity (Wildman–Crippen MR) is 89.9 cm³/mol. The van der Waals surface area contributed by atoms with Gasteiger partial charge in [-0.2, -0.15) is 12.6 Å². The van der Waals surface area contributed by atoms with Crippen molar-refractivity contribution in [3.05, 3.63) is 0 Å². The van der Waals surface area contributed by atoms with E-state index in [2.05, 4.69) is 33.9 Å². The van der Waals surface area contributed by atoms with Crippen LogP contribution in [0.15, 0.2) is 0 Å². The van der Waals surface area contributed by atoms with Gasteiger partial charge in [-0.3, -0.25) is 19.2 Å². The summed E-state index contributed by atoms with van der Waals surface area (Å²) in [6, 6.07) is -0.765. The first kappa shape index (κ1) is 21.2. The molecule has 0 saturated carbocycles. The van der Waals surface area contributed by atoms with Gasteiger partial charge in [0.2, 0.25) is 23.6 Å². The summed E-state index contributed by atoms with van der Waals surface area (Å²) in [5, 5.41) is 10.0. The minimum Gasteiger partial charge on any atom is -0.354 e. The highest BCUT2D eigenvalue weighted by Crippen LogP contribution is 2.07. The summed E-state index contributed by atoms with van der Waals surface area (Å²) in [6.07, 6.45) is 0.671. The fraction of sp³-hybridized carbons (Fsp3) is 0.714. The van der Waals surface area contributed by atoms with Gasteiger partial charge in [0.1, 0.15) is 6.04 Å². The molecule has 0 spiro atoms. The van der Waals surface area contributed by atoms with Crippen LogP contribution in [0.5, 0.6) is 0 Å². The van der Waals surface area contributed by atoms with E-state index in [1.54, 1.807) is 0 Å². The maximum absolute atomic E-state index is 12.2. The molecule has 2 unspecified atom stereocenters. The van der Waals surface area contributed by atoms with Crippen LogP contribution in [0.1, 0.15) is 27.2 Å². The lowest BCUT2D eigenvalue weighted by atomic mass is 9.98. The molecule has 9 heteroatoms. The van der Waals surface area contributed by atoms with Crippen molar-refractivity contribution in [1.82, 2.24) is 21.3 Å². The van der Waals surface area contributed by atoms with E-state index in [4.69, 9.17) is 0 Å². The van der Waals surface area contributed by atoms with Gasteiger partial charge in [-0.25, -0.2) is 0 Å². The molecule has 0 rings (SSSR count). The van der Waals surface area contributed by atoms with Gasteiger partial charge in [0.15, 0.2) is 0 Å². The van der Waals surface area contributed by atoms with Crippen LogP contribution in [0.3, 0.4) is 0 Å². The highest BCUT2D eigenvalue weighted by Gasteiger charge is 2.26. The van der Waals surface area contributed by atoms with Crippen molar-refractivity contribution in [2.45, 2.75) is 33.2 Å². The topological polar surface area (TPSA) is 116 Å². The molecule has 8 nitrogen and oxygen atoms in total. The molecular formula is C14H26N4O4S. The molecule has 0 bridgehead atoms. The maximum Gasteiger partial charge on any atom is 0.243 e. The van der Waals surface area contributed by atoms with E-state index in [1.807, 2.05) is 13.8 Å². The summed E-state index contributed by atoms with van der Waals surface area (Å²) in [6.45, 7) is 5.07. The van der Waals surface area contributed by atoms with E-state index >= 15 is 0 Å². The number of hydrogen-bond donors (Lipinski definition) is 5. The lowest BCUT2D eigenvalue weighted by molar-refractivity contribution is -0.131. The van der Waals surface area contributed by atoms with Crippen molar-refractivity contribution in [3.8, 4) is 0 Å². The van der Waals surface area contributed by atoms with Crippen molar-refractivity contribution in [2.24, 2.45) is 5.92 Å². The maximum atomic E-state index is 12.2. The summed E-state index contributed by atoms with van der Waals surface area (Å²) in [5.41, 5.74) is 0. The number of hydrogen-bond acceptors (Lipinski definition) is 5. The zero-order valence-electron chi connectivity index (χ0n) is 13.8. The molecule has 4 amide bonds. The average molecular weight is 346 g/mol. The third-order valence-corrected chi connectivity index (χ3v) is 3.39. The third-order valence-electron chi connectivity index (χ3n) is 3.17. The Kier molecular flexibility index (Phi) is 10.8. The van der Waals surface area contributed by atoms with E-state index in [0.717, 1.165) is 0 Å². The normalized spacial score (nSPS) is 12.7. The Labute approximate surface area is 141 Å². The first-order valence-electron chi connectivity index (χ1n) is 7.50. The fourth-order valence-corrected chi connectivity index (χ4v) is 1.78. The van der Waals surface area contributed by atoms with Crippen LogP contribution in [-0.2, 0) is 19.2 Å². The Morgan fingerprint density at radius 2 is 1.61 bits per heavy atom. The standard InChI is InChI=1S/C14H26N4O4S/c1-4-9(2)13(18-12(21)8-16-10(3)19)14(22)17-7-11(20)15-5-6-23/h9,13,23H,4-8H2,1-3H3,(H,15,20)(H,16,19)(H,17,22)(H,18,21). The second-order valence-electron chi connectivity index (χ2n) is 5.13. The summed E-state index contributed by atoms with van der Waals surface area (Å²) in [7, 11) is 0. The van der Waals surface area contributed by atoms with Crippen molar-refractivity contribution in [2.75, 3.05) is 25.4 Å². The average Bonchev–Trinajstić information content (AvgIpc) is 2.52. The Morgan fingerprint density at radius 3 is 2.13 bits per heavy atom. The van der Waals surface area contributed by atoms with E-state index < -0.39 is 17.9 Å². The van der Waals surface area contributed by atoms with Gasteiger partial charge < -0.3 is 21.3 Å². The zero-order chi connectivity index (χ0) is 17.8. The zero-order valence-corrected chi connectivity index (χ0v) is 14.7. The van der Waals surface area contributed by atoms with E-state index in [1.165, 1.54) is 6.92 Å². The minimum absolute atomic E-state index is 0.114. The van der Waals surface area contributed by atoms with Gasteiger partial charge in [-0.05, 0) is 5.92 Å². The molecule has 4 N–H and O–H groups in total. The molecule has 0 aliphatic rings. The predicted octanol–water partition coefficient (Wildman–Crippen LogP) is -1.18. The van der Waals surface area contributed by atoms with E-state index in [0.29, 0.717) is 18.7 Å². The Bertz CT molecular complexity index is 431. The Morgan fingerprint density at radius 1 is 1.00 bits per heavy atom. The lowest BCUT2D eigenvalue weighted by Gasteiger charge is -2.23. The first-order chi connectivity index (χ1) is 10.8. The number of rotatable bonds is 10. The van der Waals surface area contributed by atoms with Gasteiger partial charge in [0.05, 0.1) is 13.1 Å². The molecule has 23 heavy (non-hydrogen) atoms. The Balaban J connectivity index is 4.52. The monoisotopic (exact) mass is 346 g/mol. The van der Waals surface area contributed by atoms with E-state index in [9.17, 15) is 19.2 Å². The smallest absolute Gasteiger partial charge is 0.243 e. The van der Waals surface area contributed by atoms with Crippen molar-refractivity contribution >= 4 is 36.3 Å². The molecule has 2 atom stereocenters. The van der Waals surface area contributed by atoms with Crippen LogP contribution < -0.4 is 21.3 Å². The third kappa shape index (κ3) is 9.77. The number of nitrogens with one attached hydrogen (secondary N) is 4. The summed E-state index contributed by atoms with van der Waals surface area (Å²) >= 11 is 3.97. The molecule has 0 heterocycles. The lowest BCUT2D eigenvalue weighted by Crippen LogP contribution is -2.53. The number of thiol groups is 1. The molecule has 0 aromatic heterocycles. The van der Waals surface area contributed by atoms with E-state index in [-0.39, 0.29) is 30.8 Å². The number of carbonyl (C=O) groups is 4. The molecule has 132 valence electrons. The first-order valence-corrected chi connectivity index (χ1v) is 8.14. The molecule has 0 radical (unpaired) electrons. The molecule has 0 aliphatic carbocycles. The molecule has 0 aliphatic heterocycles.